The molecule has 1 atom stereocenters. The molecular formula is C14H14N2. The summed E-state index contributed by atoms with van der Waals surface area (Å²) < 4.78 is 0. The van der Waals surface area contributed by atoms with Crippen LogP contribution in [0.15, 0.2) is 41.4 Å². The Bertz CT molecular complexity index is 584. The normalized spacial score (nSPS) is 18.9. The van der Waals surface area contributed by atoms with Gasteiger partial charge in [-0.05, 0) is 19.2 Å². The molecule has 0 aliphatic carbocycles. The first-order valence-corrected chi connectivity index (χ1v) is 5.59. The van der Waals surface area contributed by atoms with E-state index in [-0.39, 0.29) is 6.17 Å². The monoisotopic (exact) mass is 210 g/mol. The zero-order valence-corrected chi connectivity index (χ0v) is 9.49. The van der Waals surface area contributed by atoms with Gasteiger partial charge in [-0.15, -0.1) is 0 Å². The van der Waals surface area contributed by atoms with E-state index >= 15 is 0 Å². The van der Waals surface area contributed by atoms with Crippen LogP contribution in [0.3, 0.4) is 0 Å². The molecule has 3 rings (SSSR count). The van der Waals surface area contributed by atoms with Crippen molar-refractivity contribution < 1.29 is 0 Å². The minimum absolute atomic E-state index is 0.165. The topological polar surface area (TPSA) is 24.4 Å². The first-order valence-electron chi connectivity index (χ1n) is 5.59. The molecule has 2 aromatic carbocycles. The SMILES string of the molecule is CC1=NC(C)Nc2c1ccc1ccccc21. The maximum Gasteiger partial charge on any atom is 0.116 e. The molecule has 1 aliphatic heterocycles. The molecule has 1 heterocycles. The van der Waals surface area contributed by atoms with Crippen LogP contribution in [-0.2, 0) is 0 Å². The van der Waals surface area contributed by atoms with Crippen LogP contribution in [-0.4, -0.2) is 11.9 Å². The van der Waals surface area contributed by atoms with Crippen molar-refractivity contribution in [1.29, 1.82) is 0 Å². The second-order valence-electron chi connectivity index (χ2n) is 4.24. The lowest BCUT2D eigenvalue weighted by molar-refractivity contribution is 0.844. The first-order chi connectivity index (χ1) is 7.75. The summed E-state index contributed by atoms with van der Waals surface area (Å²) in [4.78, 5) is 4.54. The summed E-state index contributed by atoms with van der Waals surface area (Å²) in [6.45, 7) is 4.15. The third-order valence-electron chi connectivity index (χ3n) is 3.06. The number of hydrogen-bond donors (Lipinski definition) is 1. The number of nitrogens with one attached hydrogen (secondary N) is 1. The number of aliphatic imine (C=N–C) groups is 1. The summed E-state index contributed by atoms with van der Waals surface area (Å²) in [7, 11) is 0. The zero-order valence-electron chi connectivity index (χ0n) is 9.49. The van der Waals surface area contributed by atoms with E-state index in [1.165, 1.54) is 22.0 Å². The fraction of sp³-hybridized carbons (Fsp3) is 0.214. The fourth-order valence-corrected chi connectivity index (χ4v) is 2.33. The fourth-order valence-electron chi connectivity index (χ4n) is 2.33. The van der Waals surface area contributed by atoms with E-state index in [2.05, 4.69) is 60.6 Å². The highest BCUT2D eigenvalue weighted by molar-refractivity contribution is 6.11. The van der Waals surface area contributed by atoms with Crippen LogP contribution in [0.2, 0.25) is 0 Å². The van der Waals surface area contributed by atoms with Crippen molar-refractivity contribution >= 4 is 22.2 Å². The summed E-state index contributed by atoms with van der Waals surface area (Å²) >= 11 is 0. The third-order valence-corrected chi connectivity index (χ3v) is 3.06. The third kappa shape index (κ3) is 1.30. The van der Waals surface area contributed by atoms with Crippen molar-refractivity contribution in [3.63, 3.8) is 0 Å². The minimum atomic E-state index is 0.165. The second-order valence-corrected chi connectivity index (χ2v) is 4.24. The lowest BCUT2D eigenvalue weighted by Gasteiger charge is -2.23. The molecular weight excluding hydrogens is 196 g/mol. The number of nitrogens with zero attached hydrogens (tertiary/aromatic N) is 1. The lowest BCUT2D eigenvalue weighted by Crippen LogP contribution is -2.21. The van der Waals surface area contributed by atoms with Gasteiger partial charge in [-0.1, -0.05) is 36.4 Å². The summed E-state index contributed by atoms with van der Waals surface area (Å²) in [6, 6.07) is 12.8. The van der Waals surface area contributed by atoms with Crippen LogP contribution in [0.5, 0.6) is 0 Å². The van der Waals surface area contributed by atoms with Gasteiger partial charge in [0.15, 0.2) is 0 Å². The van der Waals surface area contributed by atoms with Gasteiger partial charge in [0, 0.05) is 16.7 Å². The van der Waals surface area contributed by atoms with Gasteiger partial charge in [-0.2, -0.15) is 0 Å². The van der Waals surface area contributed by atoms with Crippen LogP contribution in [0.1, 0.15) is 19.4 Å². The Hall–Kier alpha value is -1.83. The van der Waals surface area contributed by atoms with Crippen LogP contribution in [0.25, 0.3) is 10.8 Å². The van der Waals surface area contributed by atoms with Crippen molar-refractivity contribution in [3.05, 3.63) is 42.0 Å². The number of benzene rings is 2. The van der Waals surface area contributed by atoms with E-state index in [0.717, 1.165) is 5.71 Å². The average Bonchev–Trinajstić information content (AvgIpc) is 2.28. The van der Waals surface area contributed by atoms with Gasteiger partial charge in [0.1, 0.15) is 6.17 Å². The standard InChI is InChI=1S/C14H14N2/c1-9-12-8-7-11-5-3-4-6-13(11)14(12)16-10(2)15-9/h3-8,10,16H,1-2H3. The van der Waals surface area contributed by atoms with Crippen molar-refractivity contribution in [2.45, 2.75) is 20.0 Å². The largest absolute Gasteiger partial charge is 0.363 e. The maximum absolute atomic E-state index is 4.54. The highest BCUT2D eigenvalue weighted by Crippen LogP contribution is 2.31. The molecule has 2 nitrogen and oxygen atoms in total. The van der Waals surface area contributed by atoms with Gasteiger partial charge in [0.25, 0.3) is 0 Å². The number of rotatable bonds is 0. The molecule has 1 unspecified atom stereocenters. The van der Waals surface area contributed by atoms with E-state index in [4.69, 9.17) is 0 Å². The van der Waals surface area contributed by atoms with Gasteiger partial charge in [0.05, 0.1) is 5.69 Å². The van der Waals surface area contributed by atoms with Crippen molar-refractivity contribution in [1.82, 2.24) is 0 Å². The molecule has 0 bridgehead atoms. The summed E-state index contributed by atoms with van der Waals surface area (Å²) in [5, 5.41) is 6.00. The maximum atomic E-state index is 4.54. The predicted octanol–water partition coefficient (Wildman–Crippen LogP) is 3.42. The van der Waals surface area contributed by atoms with E-state index in [1.54, 1.807) is 0 Å². The average molecular weight is 210 g/mol. The Balaban J connectivity index is 2.35. The molecule has 0 aromatic heterocycles. The van der Waals surface area contributed by atoms with Gasteiger partial charge >= 0.3 is 0 Å². The van der Waals surface area contributed by atoms with E-state index in [1.807, 2.05) is 0 Å². The van der Waals surface area contributed by atoms with Gasteiger partial charge in [-0.25, -0.2) is 0 Å². The van der Waals surface area contributed by atoms with E-state index < -0.39 is 0 Å². The van der Waals surface area contributed by atoms with Gasteiger partial charge in [-0.3, -0.25) is 4.99 Å². The molecule has 2 heteroatoms. The molecule has 1 N–H and O–H groups in total. The summed E-state index contributed by atoms with van der Waals surface area (Å²) in [5.41, 5.74) is 3.56. The smallest absolute Gasteiger partial charge is 0.116 e. The van der Waals surface area contributed by atoms with Gasteiger partial charge < -0.3 is 5.32 Å². The molecule has 0 radical (unpaired) electrons. The molecule has 0 fully saturated rings. The highest BCUT2D eigenvalue weighted by atomic mass is 15.1. The number of fused-ring (bicyclic) bond motifs is 3. The van der Waals surface area contributed by atoms with Crippen molar-refractivity contribution in [2.75, 3.05) is 5.32 Å². The van der Waals surface area contributed by atoms with Crippen LogP contribution >= 0.6 is 0 Å². The number of anilines is 1. The van der Waals surface area contributed by atoms with E-state index in [0.29, 0.717) is 0 Å². The predicted molar refractivity (Wildman–Crippen MR) is 69.2 cm³/mol. The minimum Gasteiger partial charge on any atom is -0.363 e. The van der Waals surface area contributed by atoms with Crippen LogP contribution in [0, 0.1) is 0 Å². The summed E-state index contributed by atoms with van der Waals surface area (Å²) in [6.07, 6.45) is 0.165. The Morgan fingerprint density at radius 3 is 2.81 bits per heavy atom. The van der Waals surface area contributed by atoms with Crippen molar-refractivity contribution in [3.8, 4) is 0 Å². The lowest BCUT2D eigenvalue weighted by atomic mass is 10.00. The molecule has 1 aliphatic rings. The number of hydrogen-bond acceptors (Lipinski definition) is 2. The molecule has 0 amide bonds. The Morgan fingerprint density at radius 1 is 1.12 bits per heavy atom. The van der Waals surface area contributed by atoms with Gasteiger partial charge in [0.2, 0.25) is 0 Å². The molecule has 2 aromatic rings. The quantitative estimate of drug-likeness (QED) is 0.708. The first kappa shape index (κ1) is 9.40. The van der Waals surface area contributed by atoms with Crippen LogP contribution in [0.4, 0.5) is 5.69 Å². The zero-order chi connectivity index (χ0) is 11.1. The Kier molecular flexibility index (Phi) is 1.96. The highest BCUT2D eigenvalue weighted by Gasteiger charge is 2.16. The molecule has 16 heavy (non-hydrogen) atoms. The Labute approximate surface area is 95.0 Å². The van der Waals surface area contributed by atoms with Crippen LogP contribution < -0.4 is 5.32 Å². The Morgan fingerprint density at radius 2 is 1.94 bits per heavy atom. The molecule has 0 saturated heterocycles. The summed E-state index contributed by atoms with van der Waals surface area (Å²) in [5.74, 6) is 0. The van der Waals surface area contributed by atoms with Crippen molar-refractivity contribution in [2.24, 2.45) is 4.99 Å². The molecule has 0 spiro atoms. The molecule has 0 saturated carbocycles. The van der Waals surface area contributed by atoms with E-state index in [9.17, 15) is 0 Å². The second kappa shape index (κ2) is 3.34. The molecule has 80 valence electrons.